The minimum absolute atomic E-state index is 0.0947. The summed E-state index contributed by atoms with van der Waals surface area (Å²) in [5.41, 5.74) is 18.0. The van der Waals surface area contributed by atoms with Crippen molar-refractivity contribution in [2.24, 2.45) is 23.7 Å². The SMILES string of the molecule is CC1(C)c2ccccc2-c2c(N(c3cccc4c3-c3ccccc3C43C4CC5CC(C4)CC3C5)c3cccc4ccc(-c5ccccc5)cc34)cccc21. The third-order valence-corrected chi connectivity index (χ3v) is 14.8. The lowest BCUT2D eigenvalue weighted by atomic mass is 9.43. The Morgan fingerprint density at radius 3 is 1.72 bits per heavy atom. The van der Waals surface area contributed by atoms with E-state index in [2.05, 4.69) is 170 Å². The molecule has 0 radical (unpaired) electrons. The van der Waals surface area contributed by atoms with Crippen molar-refractivity contribution >= 4 is 27.8 Å². The molecule has 0 N–H and O–H groups in total. The first kappa shape index (κ1) is 31.0. The zero-order chi connectivity index (χ0) is 35.8. The van der Waals surface area contributed by atoms with Crippen LogP contribution in [-0.2, 0) is 10.8 Å². The predicted octanol–water partition coefficient (Wildman–Crippen LogP) is 14.0. The standard InChI is InChI=1S/C53H45N/c1-52(2)43-18-8-6-16-40(43)50-45(52)20-11-23-48(50)54(47-22-10-15-36-25-26-37(32-42(36)47)35-13-4-3-5-14-35)49-24-12-21-46-51(49)41-17-7-9-19-44(41)53(46)38-28-33-27-34(30-38)31-39(53)29-33/h3-26,32-34,38-39H,27-31H2,1-2H3. The maximum Gasteiger partial charge on any atom is 0.0543 e. The van der Waals surface area contributed by atoms with Crippen LogP contribution in [0.25, 0.3) is 44.2 Å². The van der Waals surface area contributed by atoms with Crippen molar-refractivity contribution in [1.82, 2.24) is 0 Å². The summed E-state index contributed by atoms with van der Waals surface area (Å²) in [6, 6.07) is 58.1. The molecule has 4 bridgehead atoms. The summed E-state index contributed by atoms with van der Waals surface area (Å²) in [6.07, 6.45) is 7.02. The third-order valence-electron chi connectivity index (χ3n) is 14.8. The largest absolute Gasteiger partial charge is 0.309 e. The van der Waals surface area contributed by atoms with E-state index in [9.17, 15) is 0 Å². The molecule has 54 heavy (non-hydrogen) atoms. The summed E-state index contributed by atoms with van der Waals surface area (Å²) in [7, 11) is 0. The summed E-state index contributed by atoms with van der Waals surface area (Å²) in [6.45, 7) is 4.81. The quantitative estimate of drug-likeness (QED) is 0.177. The van der Waals surface area contributed by atoms with Gasteiger partial charge in [-0.2, -0.15) is 0 Å². The van der Waals surface area contributed by atoms with Crippen molar-refractivity contribution in [2.75, 3.05) is 4.90 Å². The molecule has 0 amide bonds. The van der Waals surface area contributed by atoms with Crippen LogP contribution in [-0.4, -0.2) is 0 Å². The second-order valence-electron chi connectivity index (χ2n) is 17.7. The van der Waals surface area contributed by atoms with Crippen molar-refractivity contribution in [2.45, 2.75) is 56.8 Å². The molecule has 1 heteroatoms. The minimum atomic E-state index is -0.0947. The van der Waals surface area contributed by atoms with E-state index in [-0.39, 0.29) is 10.8 Å². The highest BCUT2D eigenvalue weighted by atomic mass is 15.2. The second kappa shape index (κ2) is 11.1. The number of benzene rings is 7. The molecule has 262 valence electrons. The zero-order valence-corrected chi connectivity index (χ0v) is 31.2. The highest BCUT2D eigenvalue weighted by Crippen LogP contribution is 2.70. The van der Waals surface area contributed by atoms with Gasteiger partial charge in [0.05, 0.1) is 17.1 Å². The molecule has 4 fully saturated rings. The van der Waals surface area contributed by atoms with Gasteiger partial charge in [0.2, 0.25) is 0 Å². The van der Waals surface area contributed by atoms with Gasteiger partial charge in [-0.3, -0.25) is 0 Å². The number of nitrogens with zero attached hydrogens (tertiary/aromatic N) is 1. The van der Waals surface area contributed by atoms with Crippen molar-refractivity contribution in [3.05, 3.63) is 174 Å². The number of hydrogen-bond acceptors (Lipinski definition) is 1. The first-order chi connectivity index (χ1) is 26.5. The zero-order valence-electron chi connectivity index (χ0n) is 31.2. The maximum absolute atomic E-state index is 2.68. The van der Waals surface area contributed by atoms with Crippen LogP contribution in [0.5, 0.6) is 0 Å². The first-order valence-corrected chi connectivity index (χ1v) is 20.4. The molecule has 1 spiro atoms. The fraction of sp³-hybridized carbons (Fsp3) is 0.245. The average molecular weight is 696 g/mol. The van der Waals surface area contributed by atoms with Gasteiger partial charge in [0, 0.05) is 27.3 Å². The molecule has 0 aliphatic heterocycles. The van der Waals surface area contributed by atoms with Crippen LogP contribution in [0, 0.1) is 23.7 Å². The Labute approximate surface area is 319 Å². The summed E-state index contributed by atoms with van der Waals surface area (Å²) in [4.78, 5) is 2.68. The van der Waals surface area contributed by atoms with Crippen LogP contribution in [0.4, 0.5) is 17.1 Å². The van der Waals surface area contributed by atoms with E-state index in [1.54, 1.807) is 11.1 Å². The summed E-state index contributed by atoms with van der Waals surface area (Å²) in [5, 5.41) is 2.53. The Kier molecular flexibility index (Phi) is 6.36. The number of anilines is 3. The highest BCUT2D eigenvalue weighted by molar-refractivity contribution is 6.07. The lowest BCUT2D eigenvalue weighted by molar-refractivity contribution is -0.0399. The van der Waals surface area contributed by atoms with Crippen LogP contribution in [0.15, 0.2) is 152 Å². The van der Waals surface area contributed by atoms with Crippen LogP contribution in [0.1, 0.15) is 68.2 Å². The number of hydrogen-bond donors (Lipinski definition) is 0. The fourth-order valence-electron chi connectivity index (χ4n) is 12.9. The van der Waals surface area contributed by atoms with Crippen LogP contribution in [0.2, 0.25) is 0 Å². The lowest BCUT2D eigenvalue weighted by Crippen LogP contribution is -2.55. The summed E-state index contributed by atoms with van der Waals surface area (Å²) in [5.74, 6) is 3.27. The monoisotopic (exact) mass is 695 g/mol. The van der Waals surface area contributed by atoms with Crippen molar-refractivity contribution in [3.63, 3.8) is 0 Å². The lowest BCUT2D eigenvalue weighted by Gasteiger charge is -2.61. The Morgan fingerprint density at radius 2 is 1.00 bits per heavy atom. The van der Waals surface area contributed by atoms with Gasteiger partial charge in [-0.05, 0) is 130 Å². The van der Waals surface area contributed by atoms with Gasteiger partial charge in [0.15, 0.2) is 0 Å². The first-order valence-electron chi connectivity index (χ1n) is 20.4. The topological polar surface area (TPSA) is 3.24 Å². The molecule has 6 aliphatic carbocycles. The van der Waals surface area contributed by atoms with Crippen molar-refractivity contribution in [1.29, 1.82) is 0 Å². The molecule has 0 heterocycles. The molecule has 7 aromatic rings. The van der Waals surface area contributed by atoms with E-state index in [1.165, 1.54) is 104 Å². The van der Waals surface area contributed by atoms with Gasteiger partial charge >= 0.3 is 0 Å². The minimum Gasteiger partial charge on any atom is -0.309 e. The van der Waals surface area contributed by atoms with Gasteiger partial charge in [-0.25, -0.2) is 0 Å². The summed E-state index contributed by atoms with van der Waals surface area (Å²) < 4.78 is 0. The molecule has 6 aliphatic rings. The smallest absolute Gasteiger partial charge is 0.0543 e. The van der Waals surface area contributed by atoms with Gasteiger partial charge in [0.25, 0.3) is 0 Å². The molecule has 4 saturated carbocycles. The Morgan fingerprint density at radius 1 is 0.444 bits per heavy atom. The number of rotatable bonds is 4. The van der Waals surface area contributed by atoms with Crippen molar-refractivity contribution < 1.29 is 0 Å². The van der Waals surface area contributed by atoms with Crippen LogP contribution < -0.4 is 4.90 Å². The Balaban J connectivity index is 1.18. The van der Waals surface area contributed by atoms with E-state index >= 15 is 0 Å². The fourth-order valence-corrected chi connectivity index (χ4v) is 12.9. The molecular weight excluding hydrogens is 651 g/mol. The van der Waals surface area contributed by atoms with E-state index in [4.69, 9.17) is 0 Å². The van der Waals surface area contributed by atoms with Crippen molar-refractivity contribution in [3.8, 4) is 33.4 Å². The normalized spacial score (nSPS) is 24.7. The molecular formula is C53H45N. The number of fused-ring (bicyclic) bond motifs is 7. The third kappa shape index (κ3) is 4.00. The Hall–Kier alpha value is -5.40. The van der Waals surface area contributed by atoms with Gasteiger partial charge < -0.3 is 4.90 Å². The summed E-state index contributed by atoms with van der Waals surface area (Å²) >= 11 is 0. The van der Waals surface area contributed by atoms with Gasteiger partial charge in [0.1, 0.15) is 0 Å². The average Bonchev–Trinajstić information content (AvgIpc) is 3.64. The molecule has 0 aromatic heterocycles. The second-order valence-corrected chi connectivity index (χ2v) is 17.7. The van der Waals surface area contributed by atoms with Gasteiger partial charge in [-0.1, -0.05) is 141 Å². The van der Waals surface area contributed by atoms with E-state index in [1.807, 2.05) is 0 Å². The van der Waals surface area contributed by atoms with Gasteiger partial charge in [-0.15, -0.1) is 0 Å². The molecule has 0 unspecified atom stereocenters. The Bertz CT molecular complexity index is 2630. The van der Waals surface area contributed by atoms with E-state index in [0.717, 1.165) is 23.7 Å². The predicted molar refractivity (Wildman–Crippen MR) is 225 cm³/mol. The highest BCUT2D eigenvalue weighted by Gasteiger charge is 2.62. The van der Waals surface area contributed by atoms with Crippen LogP contribution in [0.3, 0.4) is 0 Å². The molecule has 13 rings (SSSR count). The van der Waals surface area contributed by atoms with E-state index < -0.39 is 0 Å². The van der Waals surface area contributed by atoms with Crippen LogP contribution >= 0.6 is 0 Å². The molecule has 1 nitrogen and oxygen atoms in total. The molecule has 7 aromatic carbocycles. The molecule has 0 saturated heterocycles. The molecule has 0 atom stereocenters. The maximum atomic E-state index is 2.68. The van der Waals surface area contributed by atoms with E-state index in [0.29, 0.717) is 0 Å².